The summed E-state index contributed by atoms with van der Waals surface area (Å²) in [7, 11) is 0. The van der Waals surface area contributed by atoms with Crippen LogP contribution in [0.25, 0.3) is 0 Å². The predicted molar refractivity (Wildman–Crippen MR) is 298 cm³/mol. The van der Waals surface area contributed by atoms with E-state index in [0.717, 1.165) is 23.3 Å². The van der Waals surface area contributed by atoms with E-state index in [4.69, 9.17) is 4.42 Å². The summed E-state index contributed by atoms with van der Waals surface area (Å²) in [4.78, 5) is 11.7. The van der Waals surface area contributed by atoms with E-state index in [0.29, 0.717) is 10.8 Å². The molecule has 2 unspecified atom stereocenters. The zero-order valence-corrected chi connectivity index (χ0v) is 49.9. The Kier molecular flexibility index (Phi) is 21.9. The molecule has 0 aliphatic heterocycles. The average molecular weight is 954 g/mol. The van der Waals surface area contributed by atoms with Crippen LogP contribution in [0.5, 0.6) is 0 Å². The van der Waals surface area contributed by atoms with Crippen LogP contribution in [0.1, 0.15) is 278 Å². The maximum Gasteiger partial charge on any atom is 0.181 e. The van der Waals surface area contributed by atoms with Crippen LogP contribution in [-0.4, -0.2) is 20.2 Å². The molecular formula is C59H108N4OS2. The molecule has 1 saturated carbocycles. The largest absolute Gasteiger partial charge is 0.448 e. The van der Waals surface area contributed by atoms with Gasteiger partial charge in [-0.3, -0.25) is 5.10 Å². The van der Waals surface area contributed by atoms with Crippen molar-refractivity contribution in [3.63, 3.8) is 0 Å². The molecular weight excluding hydrogens is 845 g/mol. The lowest BCUT2D eigenvalue weighted by Gasteiger charge is -2.39. The number of rotatable bonds is 0. The van der Waals surface area contributed by atoms with E-state index in [2.05, 4.69) is 239 Å². The monoisotopic (exact) mass is 953 g/mol. The number of aromatic nitrogens is 4. The van der Waals surface area contributed by atoms with Crippen LogP contribution < -0.4 is 0 Å². The van der Waals surface area contributed by atoms with E-state index in [1.807, 2.05) is 23.0 Å². The molecule has 66 heavy (non-hydrogen) atoms. The number of nitrogens with one attached hydrogen (secondary N) is 1. The Morgan fingerprint density at radius 1 is 0.485 bits per heavy atom. The average Bonchev–Trinajstić information content (AvgIpc) is 3.92. The fraction of sp³-hybridized carbons (Fsp3) is 0.780. The highest BCUT2D eigenvalue weighted by Gasteiger charge is 2.41. The highest BCUT2D eigenvalue weighted by atomic mass is 32.1. The lowest BCUT2D eigenvalue weighted by Crippen LogP contribution is -2.32. The van der Waals surface area contributed by atoms with Gasteiger partial charge in [-0.1, -0.05) is 222 Å². The van der Waals surface area contributed by atoms with Crippen molar-refractivity contribution < 1.29 is 4.42 Å². The fourth-order valence-electron chi connectivity index (χ4n) is 8.57. The number of oxazole rings is 1. The molecule has 0 aromatic carbocycles. The maximum atomic E-state index is 5.44. The Morgan fingerprint density at radius 2 is 0.924 bits per heavy atom. The molecule has 5 rings (SSSR count). The molecule has 0 amide bonds. The molecule has 7 heteroatoms. The van der Waals surface area contributed by atoms with Gasteiger partial charge in [0, 0.05) is 37.1 Å². The van der Waals surface area contributed by atoms with E-state index in [1.165, 1.54) is 51.5 Å². The summed E-state index contributed by atoms with van der Waals surface area (Å²) in [6, 6.07) is 2.27. The van der Waals surface area contributed by atoms with Gasteiger partial charge in [-0.25, -0.2) is 9.97 Å². The first-order valence-corrected chi connectivity index (χ1v) is 26.4. The third-order valence-corrected chi connectivity index (χ3v) is 14.6. The second-order valence-electron chi connectivity index (χ2n) is 29.3. The van der Waals surface area contributed by atoms with E-state index in [-0.39, 0.29) is 50.7 Å². The van der Waals surface area contributed by atoms with Crippen LogP contribution in [-0.2, 0) is 43.3 Å². The van der Waals surface area contributed by atoms with Gasteiger partial charge >= 0.3 is 0 Å². The van der Waals surface area contributed by atoms with Crippen molar-refractivity contribution in [3.05, 3.63) is 73.3 Å². The Hall–Kier alpha value is -2.25. The summed E-state index contributed by atoms with van der Waals surface area (Å²) in [5.74, 6) is 2.88. The van der Waals surface area contributed by atoms with Crippen LogP contribution in [0, 0.1) is 22.7 Å². The fourth-order valence-corrected chi connectivity index (χ4v) is 10.8. The van der Waals surface area contributed by atoms with E-state index in [1.54, 1.807) is 17.7 Å². The van der Waals surface area contributed by atoms with Crippen LogP contribution >= 0.6 is 22.7 Å². The number of hydrogen-bond acceptors (Lipinski definition) is 6. The summed E-state index contributed by atoms with van der Waals surface area (Å²) < 4.78 is 5.44. The topological polar surface area (TPSA) is 67.6 Å². The van der Waals surface area contributed by atoms with Gasteiger partial charge in [0.2, 0.25) is 0 Å². The van der Waals surface area contributed by atoms with Crippen LogP contribution in [0.15, 0.2) is 34.0 Å². The van der Waals surface area contributed by atoms with Gasteiger partial charge in [0.05, 0.1) is 23.1 Å². The van der Waals surface area contributed by atoms with Gasteiger partial charge in [0.15, 0.2) is 6.39 Å². The number of hydrogen-bond donors (Lipinski definition) is 1. The molecule has 2 atom stereocenters. The third-order valence-electron chi connectivity index (χ3n) is 12.0. The Bertz CT molecular complexity index is 1600. The third kappa shape index (κ3) is 19.6. The first-order chi connectivity index (χ1) is 28.6. The van der Waals surface area contributed by atoms with Crippen LogP contribution in [0.2, 0.25) is 0 Å². The maximum absolute atomic E-state index is 5.44. The molecule has 1 aliphatic carbocycles. The van der Waals surface area contributed by atoms with Crippen molar-refractivity contribution in [1.82, 2.24) is 20.2 Å². The summed E-state index contributed by atoms with van der Waals surface area (Å²) in [6.07, 6.45) is 7.84. The molecule has 4 aromatic rings. The SMILES string of the molecule is C.CC(C)(C)C1CCCC1C(C)(C)C.CC(C)(C)c1ccsc1C(C)(C)C.CC(C)(C)c1cn[nH]c1C(C)(C)C.CC(C)(C)c1ncoc1C(C)(C)C.CC(C)(C)c1ncsc1C(C)(C)C. The van der Waals surface area contributed by atoms with Gasteiger partial charge in [-0.15, -0.1) is 22.7 Å². The van der Waals surface area contributed by atoms with Gasteiger partial charge in [0.1, 0.15) is 5.76 Å². The minimum absolute atomic E-state index is 0. The molecule has 0 spiro atoms. The lowest BCUT2D eigenvalue weighted by atomic mass is 9.66. The molecule has 1 fully saturated rings. The van der Waals surface area contributed by atoms with Crippen LogP contribution in [0.4, 0.5) is 0 Å². The minimum atomic E-state index is 0. The standard InChI is InChI=1S/C13H26.C12H20S.C11H20N2.C11H19NO.C11H19NS.CH4/c1-12(2,3)10-8-7-9-11(10)13(4,5)6;1-11(2,3)9-7-8-13-10(9)12(4,5)6;1-10(2,3)8-7-12-13-9(8)11(4,5)6;2*1-10(2,3)8-9(11(4,5)6)13-7-12-8;/h10-11H,7-9H2,1-6H3;7-8H,1-6H3;7H,1-6H3,(H,12,13);2*7H,1-6H3;1H4. The Balaban J connectivity index is 0.000000797. The molecule has 1 aliphatic rings. The van der Waals surface area contributed by atoms with Crippen molar-refractivity contribution in [2.24, 2.45) is 22.7 Å². The summed E-state index contributed by atoms with van der Waals surface area (Å²) in [5.41, 5.74) is 10.8. The van der Waals surface area contributed by atoms with Gasteiger partial charge in [-0.2, -0.15) is 5.10 Å². The number of thiazole rings is 1. The smallest absolute Gasteiger partial charge is 0.181 e. The van der Waals surface area contributed by atoms with Crippen molar-refractivity contribution in [2.45, 2.75) is 278 Å². The first kappa shape index (κ1) is 63.8. The molecule has 0 saturated heterocycles. The van der Waals surface area contributed by atoms with E-state index >= 15 is 0 Å². The molecule has 4 heterocycles. The molecule has 5 nitrogen and oxygen atoms in total. The normalized spacial score (nSPS) is 16.6. The van der Waals surface area contributed by atoms with E-state index in [9.17, 15) is 0 Å². The molecule has 0 radical (unpaired) electrons. The highest BCUT2D eigenvalue weighted by Crippen LogP contribution is 2.50. The second-order valence-corrected chi connectivity index (χ2v) is 31.0. The van der Waals surface area contributed by atoms with Crippen molar-refractivity contribution in [1.29, 1.82) is 0 Å². The number of nitrogens with zero attached hydrogens (tertiary/aromatic N) is 3. The Morgan fingerprint density at radius 3 is 1.21 bits per heavy atom. The van der Waals surface area contributed by atoms with E-state index < -0.39 is 0 Å². The quantitative estimate of drug-likeness (QED) is 0.191. The summed E-state index contributed by atoms with van der Waals surface area (Å²) in [5, 5.41) is 9.44. The molecule has 382 valence electrons. The number of thiophene rings is 1. The highest BCUT2D eigenvalue weighted by molar-refractivity contribution is 7.10. The van der Waals surface area contributed by atoms with Crippen molar-refractivity contribution >= 4 is 22.7 Å². The minimum Gasteiger partial charge on any atom is -0.448 e. The zero-order valence-electron chi connectivity index (χ0n) is 48.2. The van der Waals surface area contributed by atoms with Gasteiger partial charge in [-0.05, 0) is 79.7 Å². The van der Waals surface area contributed by atoms with Crippen molar-refractivity contribution in [2.75, 3.05) is 0 Å². The summed E-state index contributed by atoms with van der Waals surface area (Å²) in [6.45, 7) is 67.7. The summed E-state index contributed by atoms with van der Waals surface area (Å²) >= 11 is 3.66. The first-order valence-electron chi connectivity index (χ1n) is 24.7. The number of aromatic amines is 1. The van der Waals surface area contributed by atoms with Gasteiger partial charge < -0.3 is 4.42 Å². The molecule has 4 aromatic heterocycles. The van der Waals surface area contributed by atoms with Crippen molar-refractivity contribution in [3.8, 4) is 0 Å². The number of H-pyrrole nitrogens is 1. The van der Waals surface area contributed by atoms with Crippen LogP contribution in [0.3, 0.4) is 0 Å². The second kappa shape index (κ2) is 22.7. The van der Waals surface area contributed by atoms with Gasteiger partial charge in [0.25, 0.3) is 0 Å². The zero-order chi connectivity index (χ0) is 51.4. The predicted octanol–water partition coefficient (Wildman–Crippen LogP) is 19.5. The lowest BCUT2D eigenvalue weighted by molar-refractivity contribution is 0.0992. The Labute approximate surface area is 418 Å². The molecule has 0 bridgehead atoms. The molecule has 1 N–H and O–H groups in total.